The van der Waals surface area contributed by atoms with Crippen molar-refractivity contribution in [2.75, 3.05) is 31.6 Å². The number of sulfonamides is 1. The third-order valence-corrected chi connectivity index (χ3v) is 5.06. The molecule has 0 unspecified atom stereocenters. The van der Waals surface area contributed by atoms with Crippen LogP contribution in [-0.4, -0.2) is 47.2 Å². The van der Waals surface area contributed by atoms with Gasteiger partial charge >= 0.3 is 5.97 Å². The largest absolute Gasteiger partial charge is 0.462 e. The van der Waals surface area contributed by atoms with Crippen molar-refractivity contribution in [3.05, 3.63) is 59.7 Å². The number of esters is 1. The minimum absolute atomic E-state index is 0.0462. The predicted molar refractivity (Wildman–Crippen MR) is 104 cm³/mol. The van der Waals surface area contributed by atoms with Crippen molar-refractivity contribution in [3.63, 3.8) is 0 Å². The molecule has 0 fully saturated rings. The highest BCUT2D eigenvalue weighted by molar-refractivity contribution is 7.92. The van der Waals surface area contributed by atoms with Crippen LogP contribution in [0.25, 0.3) is 0 Å². The highest BCUT2D eigenvalue weighted by atomic mass is 32.2. The first-order valence-corrected chi connectivity index (χ1v) is 10.0. The predicted octanol–water partition coefficient (Wildman–Crippen LogP) is 2.04. The first-order valence-electron chi connectivity index (χ1n) is 8.55. The van der Waals surface area contributed by atoms with Crippen LogP contribution >= 0.6 is 0 Å². The lowest BCUT2D eigenvalue weighted by atomic mass is 10.2. The summed E-state index contributed by atoms with van der Waals surface area (Å²) < 4.78 is 37.5. The fourth-order valence-electron chi connectivity index (χ4n) is 2.32. The van der Waals surface area contributed by atoms with Crippen LogP contribution in [0, 0.1) is 0 Å². The van der Waals surface area contributed by atoms with Gasteiger partial charge in [0, 0.05) is 13.7 Å². The van der Waals surface area contributed by atoms with E-state index in [1.807, 2.05) is 0 Å². The number of benzene rings is 2. The first kappa shape index (κ1) is 21.4. The molecule has 0 saturated carbocycles. The van der Waals surface area contributed by atoms with E-state index in [0.29, 0.717) is 13.2 Å². The quantitative estimate of drug-likeness (QED) is 0.487. The molecule has 0 aromatic heterocycles. The molecule has 0 bridgehead atoms. The normalized spacial score (nSPS) is 10.9. The fourth-order valence-corrected chi connectivity index (χ4v) is 3.40. The van der Waals surface area contributed by atoms with Crippen LogP contribution in [0.5, 0.6) is 0 Å². The molecular formula is C19H22N2O6S. The van der Waals surface area contributed by atoms with Gasteiger partial charge in [0.15, 0.2) is 0 Å². The van der Waals surface area contributed by atoms with Crippen LogP contribution in [0.4, 0.5) is 5.69 Å². The smallest absolute Gasteiger partial charge is 0.338 e. The number of carbonyl (C=O) groups is 2. The van der Waals surface area contributed by atoms with Crippen LogP contribution in [0.15, 0.2) is 53.4 Å². The Kier molecular flexibility index (Phi) is 7.53. The molecule has 0 aliphatic heterocycles. The van der Waals surface area contributed by atoms with E-state index < -0.39 is 21.9 Å². The van der Waals surface area contributed by atoms with Gasteiger partial charge in [0.25, 0.3) is 15.9 Å². The van der Waals surface area contributed by atoms with Crippen LogP contribution in [0.2, 0.25) is 0 Å². The summed E-state index contributed by atoms with van der Waals surface area (Å²) in [5.74, 6) is -0.953. The monoisotopic (exact) mass is 406 g/mol. The number of anilines is 1. The molecule has 2 aromatic carbocycles. The van der Waals surface area contributed by atoms with Crippen LogP contribution in [0.3, 0.4) is 0 Å². The Morgan fingerprint density at radius 3 is 2.36 bits per heavy atom. The molecule has 0 radical (unpaired) electrons. The molecule has 0 saturated heterocycles. The van der Waals surface area contributed by atoms with Crippen molar-refractivity contribution >= 4 is 27.6 Å². The summed E-state index contributed by atoms with van der Waals surface area (Å²) in [6, 6.07) is 11.6. The number of rotatable bonds is 9. The molecule has 2 aromatic rings. The van der Waals surface area contributed by atoms with Crippen LogP contribution in [-0.2, 0) is 19.5 Å². The van der Waals surface area contributed by atoms with Gasteiger partial charge in [-0.15, -0.1) is 0 Å². The number of carbonyl (C=O) groups excluding carboxylic acids is 2. The zero-order chi connectivity index (χ0) is 20.6. The number of hydrogen-bond donors (Lipinski definition) is 2. The molecule has 2 rings (SSSR count). The van der Waals surface area contributed by atoms with E-state index in [-0.39, 0.29) is 28.3 Å². The highest BCUT2D eigenvalue weighted by Gasteiger charge is 2.19. The summed E-state index contributed by atoms with van der Waals surface area (Å²) in [5.41, 5.74) is 0.580. The van der Waals surface area contributed by atoms with E-state index in [9.17, 15) is 18.0 Å². The lowest BCUT2D eigenvalue weighted by Gasteiger charge is -2.13. The number of methoxy groups -OCH3 is 1. The molecule has 150 valence electrons. The second kappa shape index (κ2) is 9.86. The van der Waals surface area contributed by atoms with Gasteiger partial charge in [0.1, 0.15) is 0 Å². The Bertz CT molecular complexity index is 926. The van der Waals surface area contributed by atoms with Gasteiger partial charge in [-0.3, -0.25) is 9.52 Å². The van der Waals surface area contributed by atoms with E-state index in [1.165, 1.54) is 43.5 Å². The summed E-state index contributed by atoms with van der Waals surface area (Å²) in [6.45, 7) is 2.55. The fraction of sp³-hybridized carbons (Fsp3) is 0.263. The second-order valence-corrected chi connectivity index (χ2v) is 7.33. The highest BCUT2D eigenvalue weighted by Crippen LogP contribution is 2.20. The van der Waals surface area contributed by atoms with E-state index in [4.69, 9.17) is 9.47 Å². The zero-order valence-corrected chi connectivity index (χ0v) is 16.4. The molecule has 9 heteroatoms. The standard InChI is InChI=1S/C19H22N2O6S/c1-3-27-19(23)14-8-10-15(11-9-14)28(24,25)21-17-7-5-4-6-16(17)18(22)20-12-13-26-2/h4-11,21H,3,12-13H2,1-2H3,(H,20,22). The molecule has 28 heavy (non-hydrogen) atoms. The van der Waals surface area contributed by atoms with E-state index in [0.717, 1.165) is 0 Å². The Hall–Kier alpha value is -2.91. The van der Waals surface area contributed by atoms with Crippen molar-refractivity contribution in [2.24, 2.45) is 0 Å². The Labute approximate surface area is 163 Å². The van der Waals surface area contributed by atoms with Crippen molar-refractivity contribution < 1.29 is 27.5 Å². The molecule has 2 N–H and O–H groups in total. The van der Waals surface area contributed by atoms with Gasteiger partial charge in [-0.25, -0.2) is 13.2 Å². The van der Waals surface area contributed by atoms with Crippen molar-refractivity contribution in [3.8, 4) is 0 Å². The number of nitrogens with one attached hydrogen (secondary N) is 2. The van der Waals surface area contributed by atoms with E-state index in [1.54, 1.807) is 19.1 Å². The molecule has 0 atom stereocenters. The second-order valence-electron chi connectivity index (χ2n) is 5.64. The maximum atomic E-state index is 12.7. The number of amides is 1. The summed E-state index contributed by atoms with van der Waals surface area (Å²) >= 11 is 0. The Morgan fingerprint density at radius 2 is 1.71 bits per heavy atom. The van der Waals surface area contributed by atoms with Gasteiger partial charge in [0.05, 0.1) is 34.9 Å². The van der Waals surface area contributed by atoms with Gasteiger partial charge in [-0.2, -0.15) is 0 Å². The van der Waals surface area contributed by atoms with E-state index >= 15 is 0 Å². The van der Waals surface area contributed by atoms with Gasteiger partial charge in [-0.1, -0.05) is 12.1 Å². The number of ether oxygens (including phenoxy) is 2. The molecule has 1 amide bonds. The molecular weight excluding hydrogens is 384 g/mol. The third-order valence-electron chi connectivity index (χ3n) is 3.68. The average molecular weight is 406 g/mol. The summed E-state index contributed by atoms with van der Waals surface area (Å²) in [4.78, 5) is 23.9. The molecule has 0 heterocycles. The topological polar surface area (TPSA) is 111 Å². The van der Waals surface area contributed by atoms with Crippen LogP contribution in [0.1, 0.15) is 27.6 Å². The lowest BCUT2D eigenvalue weighted by molar-refractivity contribution is 0.0526. The van der Waals surface area contributed by atoms with Gasteiger partial charge in [-0.05, 0) is 43.3 Å². The molecule has 8 nitrogen and oxygen atoms in total. The molecule has 0 aliphatic carbocycles. The zero-order valence-electron chi connectivity index (χ0n) is 15.6. The SMILES string of the molecule is CCOC(=O)c1ccc(S(=O)(=O)Nc2ccccc2C(=O)NCCOC)cc1. The molecule has 0 aliphatic rings. The molecule has 0 spiro atoms. The summed E-state index contributed by atoms with van der Waals surface area (Å²) in [6.07, 6.45) is 0. The maximum absolute atomic E-state index is 12.7. The van der Waals surface area contributed by atoms with Crippen molar-refractivity contribution in [2.45, 2.75) is 11.8 Å². The lowest BCUT2D eigenvalue weighted by Crippen LogP contribution is -2.28. The Balaban J connectivity index is 2.20. The summed E-state index contributed by atoms with van der Waals surface area (Å²) in [7, 11) is -2.44. The van der Waals surface area contributed by atoms with Crippen LogP contribution < -0.4 is 10.0 Å². The first-order chi connectivity index (χ1) is 13.4. The average Bonchev–Trinajstić information content (AvgIpc) is 2.68. The van der Waals surface area contributed by atoms with Crippen molar-refractivity contribution in [1.29, 1.82) is 0 Å². The van der Waals surface area contributed by atoms with Gasteiger partial charge < -0.3 is 14.8 Å². The minimum Gasteiger partial charge on any atom is -0.462 e. The number of para-hydroxylation sites is 1. The van der Waals surface area contributed by atoms with E-state index in [2.05, 4.69) is 10.0 Å². The maximum Gasteiger partial charge on any atom is 0.338 e. The van der Waals surface area contributed by atoms with Gasteiger partial charge in [0.2, 0.25) is 0 Å². The van der Waals surface area contributed by atoms with Crippen molar-refractivity contribution in [1.82, 2.24) is 5.32 Å². The summed E-state index contributed by atoms with van der Waals surface area (Å²) in [5, 5.41) is 2.65. The number of hydrogen-bond acceptors (Lipinski definition) is 6. The minimum atomic E-state index is -3.96. The third kappa shape index (κ3) is 5.54. The Morgan fingerprint density at radius 1 is 1.04 bits per heavy atom.